The quantitative estimate of drug-likeness (QED) is 0.822. The molecule has 19 heavy (non-hydrogen) atoms. The zero-order chi connectivity index (χ0) is 13.8. The van der Waals surface area contributed by atoms with Crippen LogP contribution < -0.4 is 5.32 Å². The summed E-state index contributed by atoms with van der Waals surface area (Å²) in [6, 6.07) is 1.53. The van der Waals surface area contributed by atoms with Crippen molar-refractivity contribution in [3.8, 4) is 0 Å². The Hall–Kier alpha value is -0.120. The van der Waals surface area contributed by atoms with Gasteiger partial charge in [-0.3, -0.25) is 0 Å². The first kappa shape index (κ1) is 15.3. The molecule has 4 atom stereocenters. The lowest BCUT2D eigenvalue weighted by atomic mass is 9.76. The van der Waals surface area contributed by atoms with E-state index in [1.165, 1.54) is 51.7 Å². The molecule has 4 unspecified atom stereocenters. The Morgan fingerprint density at radius 2 is 2.00 bits per heavy atom. The monoisotopic (exact) mass is 267 g/mol. The van der Waals surface area contributed by atoms with Crippen molar-refractivity contribution in [2.24, 2.45) is 11.8 Å². The average molecular weight is 267 g/mol. The van der Waals surface area contributed by atoms with Crippen LogP contribution >= 0.6 is 0 Å². The maximum atomic E-state index is 3.57. The lowest BCUT2D eigenvalue weighted by Crippen LogP contribution is -2.44. The molecule has 2 aliphatic rings. The van der Waals surface area contributed by atoms with Crippen molar-refractivity contribution in [3.05, 3.63) is 0 Å². The van der Waals surface area contributed by atoms with Crippen LogP contribution in [0.4, 0.5) is 0 Å². The largest absolute Gasteiger partial charge is 0.317 e. The van der Waals surface area contributed by atoms with Gasteiger partial charge in [0.15, 0.2) is 0 Å². The van der Waals surface area contributed by atoms with Gasteiger partial charge >= 0.3 is 0 Å². The molecular weight excluding hydrogens is 234 g/mol. The molecule has 1 aliphatic carbocycles. The summed E-state index contributed by atoms with van der Waals surface area (Å²) in [6.07, 6.45) is 6.96. The normalized spacial score (nSPS) is 37.1. The maximum absolute atomic E-state index is 3.57. The van der Waals surface area contributed by atoms with E-state index < -0.39 is 0 Å². The number of rotatable bonds is 5. The number of likely N-dealkylation sites (N-methyl/N-ethyl adjacent to an activating group) is 1. The van der Waals surface area contributed by atoms with E-state index in [1.807, 2.05) is 0 Å². The Morgan fingerprint density at radius 1 is 1.21 bits per heavy atom. The highest BCUT2D eigenvalue weighted by atomic mass is 15.2. The minimum atomic E-state index is 0.751. The van der Waals surface area contributed by atoms with Crippen molar-refractivity contribution >= 4 is 0 Å². The third kappa shape index (κ3) is 3.93. The van der Waals surface area contributed by atoms with Gasteiger partial charge in [-0.1, -0.05) is 13.3 Å². The summed E-state index contributed by atoms with van der Waals surface area (Å²) in [7, 11) is 6.59. The molecule has 0 bridgehead atoms. The Morgan fingerprint density at radius 3 is 2.58 bits per heavy atom. The molecule has 1 aliphatic heterocycles. The van der Waals surface area contributed by atoms with Crippen LogP contribution in [0, 0.1) is 11.8 Å². The molecule has 0 aromatic heterocycles. The van der Waals surface area contributed by atoms with E-state index >= 15 is 0 Å². The summed E-state index contributed by atoms with van der Waals surface area (Å²) >= 11 is 0. The highest BCUT2D eigenvalue weighted by molar-refractivity contribution is 4.88. The van der Waals surface area contributed by atoms with Crippen LogP contribution in [0.1, 0.15) is 39.0 Å². The van der Waals surface area contributed by atoms with Crippen LogP contribution in [0.2, 0.25) is 0 Å². The van der Waals surface area contributed by atoms with E-state index in [2.05, 4.69) is 43.2 Å². The van der Waals surface area contributed by atoms with Gasteiger partial charge in [0, 0.05) is 25.2 Å². The summed E-state index contributed by atoms with van der Waals surface area (Å²) < 4.78 is 0. The van der Waals surface area contributed by atoms with Gasteiger partial charge < -0.3 is 15.1 Å². The van der Waals surface area contributed by atoms with Gasteiger partial charge in [0.2, 0.25) is 0 Å². The summed E-state index contributed by atoms with van der Waals surface area (Å²) in [5.74, 6) is 1.84. The molecule has 1 saturated carbocycles. The predicted molar refractivity (Wildman–Crippen MR) is 82.5 cm³/mol. The van der Waals surface area contributed by atoms with Crippen LogP contribution in [0.25, 0.3) is 0 Å². The van der Waals surface area contributed by atoms with Crippen molar-refractivity contribution in [2.75, 3.05) is 40.8 Å². The van der Waals surface area contributed by atoms with Gasteiger partial charge in [0.25, 0.3) is 0 Å². The second-order valence-electron chi connectivity index (χ2n) is 6.91. The summed E-state index contributed by atoms with van der Waals surface area (Å²) in [5, 5.41) is 3.57. The van der Waals surface area contributed by atoms with Crippen molar-refractivity contribution in [3.63, 3.8) is 0 Å². The van der Waals surface area contributed by atoms with Crippen LogP contribution in [-0.4, -0.2) is 62.7 Å². The van der Waals surface area contributed by atoms with E-state index in [9.17, 15) is 0 Å². The fourth-order valence-electron chi connectivity index (χ4n) is 4.05. The van der Waals surface area contributed by atoms with Gasteiger partial charge in [0.1, 0.15) is 0 Å². The molecule has 0 spiro atoms. The number of likely N-dealkylation sites (tertiary alicyclic amines) is 1. The van der Waals surface area contributed by atoms with Gasteiger partial charge in [-0.25, -0.2) is 0 Å². The SMILES string of the molecule is CCC1CCC(NC)C(CN2CCC(N(C)C)C2)C1. The number of hydrogen-bond donors (Lipinski definition) is 1. The fraction of sp³-hybridized carbons (Fsp3) is 1.00. The topological polar surface area (TPSA) is 18.5 Å². The van der Waals surface area contributed by atoms with Gasteiger partial charge in [-0.15, -0.1) is 0 Å². The first-order chi connectivity index (χ1) is 9.13. The van der Waals surface area contributed by atoms with E-state index in [-0.39, 0.29) is 0 Å². The standard InChI is InChI=1S/C16H33N3/c1-5-13-6-7-16(17-2)14(10-13)11-19-9-8-15(12-19)18(3)4/h13-17H,5-12H2,1-4H3. The van der Waals surface area contributed by atoms with Crippen molar-refractivity contribution < 1.29 is 0 Å². The smallest absolute Gasteiger partial charge is 0.0229 e. The molecule has 0 aromatic rings. The molecule has 3 heteroatoms. The van der Waals surface area contributed by atoms with Gasteiger partial charge in [-0.2, -0.15) is 0 Å². The minimum absolute atomic E-state index is 0.751. The van der Waals surface area contributed by atoms with E-state index in [1.54, 1.807) is 0 Å². The van der Waals surface area contributed by atoms with E-state index in [0.29, 0.717) is 0 Å². The highest BCUT2D eigenvalue weighted by Crippen LogP contribution is 2.32. The van der Waals surface area contributed by atoms with Crippen molar-refractivity contribution in [2.45, 2.75) is 51.1 Å². The second kappa shape index (κ2) is 7.05. The molecule has 2 rings (SSSR count). The highest BCUT2D eigenvalue weighted by Gasteiger charge is 2.32. The van der Waals surface area contributed by atoms with Crippen LogP contribution in [0.5, 0.6) is 0 Å². The van der Waals surface area contributed by atoms with E-state index in [4.69, 9.17) is 0 Å². The lowest BCUT2D eigenvalue weighted by Gasteiger charge is -2.38. The molecule has 0 amide bonds. The third-order valence-electron chi connectivity index (χ3n) is 5.51. The fourth-order valence-corrected chi connectivity index (χ4v) is 4.05. The number of nitrogens with zero attached hydrogens (tertiary/aromatic N) is 2. The summed E-state index contributed by atoms with van der Waals surface area (Å²) in [4.78, 5) is 5.10. The maximum Gasteiger partial charge on any atom is 0.0229 e. The van der Waals surface area contributed by atoms with Gasteiger partial charge in [-0.05, 0) is 65.2 Å². The van der Waals surface area contributed by atoms with Gasteiger partial charge in [0.05, 0.1) is 0 Å². The number of nitrogens with one attached hydrogen (secondary N) is 1. The molecule has 0 aromatic carbocycles. The Labute approximate surface area is 119 Å². The summed E-state index contributed by atoms with van der Waals surface area (Å²) in [5.41, 5.74) is 0. The van der Waals surface area contributed by atoms with Crippen LogP contribution in [-0.2, 0) is 0 Å². The van der Waals surface area contributed by atoms with Crippen molar-refractivity contribution in [1.29, 1.82) is 0 Å². The first-order valence-electron chi connectivity index (χ1n) is 8.20. The zero-order valence-corrected chi connectivity index (χ0v) is 13.4. The van der Waals surface area contributed by atoms with Crippen LogP contribution in [0.3, 0.4) is 0 Å². The second-order valence-corrected chi connectivity index (χ2v) is 6.91. The molecule has 1 saturated heterocycles. The Balaban J connectivity index is 1.85. The third-order valence-corrected chi connectivity index (χ3v) is 5.51. The Bertz CT molecular complexity index is 267. The molecule has 112 valence electrons. The molecule has 2 fully saturated rings. The average Bonchev–Trinajstić information content (AvgIpc) is 2.87. The molecule has 3 nitrogen and oxygen atoms in total. The zero-order valence-electron chi connectivity index (χ0n) is 13.4. The molecule has 0 radical (unpaired) electrons. The van der Waals surface area contributed by atoms with Crippen LogP contribution in [0.15, 0.2) is 0 Å². The molecular formula is C16H33N3. The van der Waals surface area contributed by atoms with E-state index in [0.717, 1.165) is 23.9 Å². The van der Waals surface area contributed by atoms with Crippen molar-refractivity contribution in [1.82, 2.24) is 15.1 Å². The predicted octanol–water partition coefficient (Wildman–Crippen LogP) is 2.04. The number of hydrogen-bond acceptors (Lipinski definition) is 3. The first-order valence-corrected chi connectivity index (χ1v) is 8.20. The lowest BCUT2D eigenvalue weighted by molar-refractivity contribution is 0.151. The molecule has 1 heterocycles. The molecule has 1 N–H and O–H groups in total. The Kier molecular flexibility index (Phi) is 5.67. The minimum Gasteiger partial charge on any atom is -0.317 e. The summed E-state index contributed by atoms with van der Waals surface area (Å²) in [6.45, 7) is 6.25.